The van der Waals surface area contributed by atoms with E-state index in [0.29, 0.717) is 16.9 Å². The van der Waals surface area contributed by atoms with Crippen molar-refractivity contribution in [3.63, 3.8) is 0 Å². The number of rotatable bonds is 4. The molecule has 0 aliphatic heterocycles. The lowest BCUT2D eigenvalue weighted by Gasteiger charge is -2.08. The van der Waals surface area contributed by atoms with E-state index < -0.39 is 11.7 Å². The van der Waals surface area contributed by atoms with Gasteiger partial charge in [0.1, 0.15) is 17.6 Å². The molecule has 1 amide bonds. The number of amides is 1. The topological polar surface area (TPSA) is 90.7 Å². The van der Waals surface area contributed by atoms with Gasteiger partial charge in [0.25, 0.3) is 5.91 Å². The minimum atomic E-state index is -0.496. The number of hydrogen-bond acceptors (Lipinski definition) is 5. The maximum atomic E-state index is 13.2. The number of aromatic nitrogens is 2. The molecule has 0 fully saturated rings. The second kappa shape index (κ2) is 7.19. The van der Waals surface area contributed by atoms with Crippen LogP contribution in [0.2, 0.25) is 0 Å². The first-order valence-corrected chi connectivity index (χ1v) is 7.32. The molecule has 1 aromatic heterocycles. The van der Waals surface area contributed by atoms with Crippen LogP contribution in [0.1, 0.15) is 16.1 Å². The van der Waals surface area contributed by atoms with Crippen LogP contribution in [0.5, 0.6) is 0 Å². The number of nitrogens with one attached hydrogen (secondary N) is 2. The van der Waals surface area contributed by atoms with Crippen molar-refractivity contribution in [3.8, 4) is 6.07 Å². The first-order valence-electron chi connectivity index (χ1n) is 7.32. The molecule has 0 saturated carbocycles. The van der Waals surface area contributed by atoms with Gasteiger partial charge < -0.3 is 10.6 Å². The van der Waals surface area contributed by atoms with E-state index in [1.54, 1.807) is 30.3 Å². The highest BCUT2D eigenvalue weighted by Gasteiger charge is 2.10. The largest absolute Gasteiger partial charge is 0.323 e. The summed E-state index contributed by atoms with van der Waals surface area (Å²) in [5, 5.41) is 14.6. The highest BCUT2D eigenvalue weighted by atomic mass is 19.1. The van der Waals surface area contributed by atoms with E-state index in [9.17, 15) is 9.18 Å². The first-order chi connectivity index (χ1) is 12.2. The summed E-state index contributed by atoms with van der Waals surface area (Å²) in [6, 6.07) is 15.9. The Morgan fingerprint density at radius 2 is 1.96 bits per heavy atom. The minimum Gasteiger partial charge on any atom is -0.323 e. The fourth-order valence-corrected chi connectivity index (χ4v) is 2.12. The maximum absolute atomic E-state index is 13.2. The van der Waals surface area contributed by atoms with Crippen LogP contribution in [0, 0.1) is 17.1 Å². The van der Waals surface area contributed by atoms with Crippen molar-refractivity contribution in [3.05, 3.63) is 77.9 Å². The van der Waals surface area contributed by atoms with Gasteiger partial charge in [0.2, 0.25) is 5.95 Å². The van der Waals surface area contributed by atoms with Gasteiger partial charge >= 0.3 is 0 Å². The van der Waals surface area contributed by atoms with E-state index in [4.69, 9.17) is 5.26 Å². The summed E-state index contributed by atoms with van der Waals surface area (Å²) in [5.74, 6) is -0.768. The van der Waals surface area contributed by atoms with E-state index in [2.05, 4.69) is 26.7 Å². The van der Waals surface area contributed by atoms with Crippen LogP contribution >= 0.6 is 0 Å². The van der Waals surface area contributed by atoms with Crippen LogP contribution in [-0.4, -0.2) is 15.9 Å². The highest BCUT2D eigenvalue weighted by molar-refractivity contribution is 6.03. The monoisotopic (exact) mass is 333 g/mol. The third-order valence-corrected chi connectivity index (χ3v) is 3.26. The van der Waals surface area contributed by atoms with Crippen LogP contribution in [0.4, 0.5) is 21.7 Å². The number of nitrogens with zero attached hydrogens (tertiary/aromatic N) is 3. The molecule has 3 aromatic rings. The lowest BCUT2D eigenvalue weighted by molar-refractivity contribution is 0.102. The zero-order valence-corrected chi connectivity index (χ0v) is 12.9. The van der Waals surface area contributed by atoms with Crippen LogP contribution in [0.15, 0.2) is 60.8 Å². The summed E-state index contributed by atoms with van der Waals surface area (Å²) in [6.07, 6.45) is 1.42. The SMILES string of the molecule is N#Cc1ccccc1Nc1nccc(C(=O)Nc2cccc(F)c2)n1. The smallest absolute Gasteiger partial charge is 0.274 e. The Hall–Kier alpha value is -3.79. The van der Waals surface area contributed by atoms with Crippen molar-refractivity contribution in [2.45, 2.75) is 0 Å². The predicted octanol–water partition coefficient (Wildman–Crippen LogP) is 3.48. The Balaban J connectivity index is 1.79. The molecule has 0 unspecified atom stereocenters. The first kappa shape index (κ1) is 16.1. The van der Waals surface area contributed by atoms with Crippen molar-refractivity contribution < 1.29 is 9.18 Å². The number of carbonyl (C=O) groups excluding carboxylic acids is 1. The fraction of sp³-hybridized carbons (Fsp3) is 0. The molecule has 0 aliphatic carbocycles. The van der Waals surface area contributed by atoms with Gasteiger partial charge in [-0.15, -0.1) is 0 Å². The van der Waals surface area contributed by atoms with Gasteiger partial charge in [-0.2, -0.15) is 5.26 Å². The van der Waals surface area contributed by atoms with Crippen molar-refractivity contribution in [2.24, 2.45) is 0 Å². The van der Waals surface area contributed by atoms with Gasteiger partial charge in [0.15, 0.2) is 0 Å². The molecule has 1 heterocycles. The van der Waals surface area contributed by atoms with Gasteiger partial charge in [-0.1, -0.05) is 18.2 Å². The molecule has 7 heteroatoms. The zero-order chi connectivity index (χ0) is 17.6. The summed E-state index contributed by atoms with van der Waals surface area (Å²) >= 11 is 0. The molecule has 25 heavy (non-hydrogen) atoms. The van der Waals surface area contributed by atoms with Crippen molar-refractivity contribution >= 4 is 23.2 Å². The fourth-order valence-electron chi connectivity index (χ4n) is 2.12. The quantitative estimate of drug-likeness (QED) is 0.763. The highest BCUT2D eigenvalue weighted by Crippen LogP contribution is 2.18. The van der Waals surface area contributed by atoms with Gasteiger partial charge in [-0.25, -0.2) is 14.4 Å². The number of halogens is 1. The molecule has 0 aliphatic rings. The average Bonchev–Trinajstić information content (AvgIpc) is 2.62. The van der Waals surface area contributed by atoms with Crippen LogP contribution in [-0.2, 0) is 0 Å². The molecule has 0 spiro atoms. The average molecular weight is 333 g/mol. The third kappa shape index (κ3) is 3.95. The van der Waals surface area contributed by atoms with E-state index in [1.165, 1.54) is 30.5 Å². The summed E-state index contributed by atoms with van der Waals surface area (Å²) < 4.78 is 13.2. The maximum Gasteiger partial charge on any atom is 0.274 e. The Morgan fingerprint density at radius 3 is 2.76 bits per heavy atom. The van der Waals surface area contributed by atoms with Gasteiger partial charge in [0.05, 0.1) is 11.3 Å². The van der Waals surface area contributed by atoms with Gasteiger partial charge in [-0.3, -0.25) is 4.79 Å². The second-order valence-electron chi connectivity index (χ2n) is 5.01. The van der Waals surface area contributed by atoms with E-state index in [1.807, 2.05) is 0 Å². The summed E-state index contributed by atoms with van der Waals surface area (Å²) in [7, 11) is 0. The molecule has 6 nitrogen and oxygen atoms in total. The lowest BCUT2D eigenvalue weighted by atomic mass is 10.2. The van der Waals surface area contributed by atoms with Crippen LogP contribution < -0.4 is 10.6 Å². The van der Waals surface area contributed by atoms with Crippen LogP contribution in [0.3, 0.4) is 0 Å². The standard InChI is InChI=1S/C18H12FN5O/c19-13-5-3-6-14(10-13)22-17(25)16-8-9-21-18(24-16)23-15-7-2-1-4-12(15)11-20/h1-10H,(H,22,25)(H,21,23,24). The summed E-state index contributed by atoms with van der Waals surface area (Å²) in [6.45, 7) is 0. The van der Waals surface area contributed by atoms with Crippen molar-refractivity contribution in [1.29, 1.82) is 5.26 Å². The number of anilines is 3. The molecule has 2 aromatic carbocycles. The van der Waals surface area contributed by atoms with Crippen molar-refractivity contribution in [2.75, 3.05) is 10.6 Å². The Kier molecular flexibility index (Phi) is 4.62. The molecule has 0 saturated heterocycles. The van der Waals surface area contributed by atoms with Gasteiger partial charge in [-0.05, 0) is 36.4 Å². The molecule has 2 N–H and O–H groups in total. The third-order valence-electron chi connectivity index (χ3n) is 3.26. The molecule has 0 bridgehead atoms. The second-order valence-corrected chi connectivity index (χ2v) is 5.01. The molecular formula is C18H12FN5O. The molecule has 0 radical (unpaired) electrons. The Bertz CT molecular complexity index is 967. The number of benzene rings is 2. The van der Waals surface area contributed by atoms with E-state index in [0.717, 1.165) is 0 Å². The molecule has 122 valence electrons. The molecular weight excluding hydrogens is 321 g/mol. The lowest BCUT2D eigenvalue weighted by Crippen LogP contribution is -2.15. The van der Waals surface area contributed by atoms with Crippen LogP contribution in [0.25, 0.3) is 0 Å². The summed E-state index contributed by atoms with van der Waals surface area (Å²) in [4.78, 5) is 20.4. The number of carbonyl (C=O) groups is 1. The normalized spacial score (nSPS) is 9.92. The summed E-state index contributed by atoms with van der Waals surface area (Å²) in [5.41, 5.74) is 1.40. The predicted molar refractivity (Wildman–Crippen MR) is 90.8 cm³/mol. The van der Waals surface area contributed by atoms with Gasteiger partial charge in [0, 0.05) is 11.9 Å². The van der Waals surface area contributed by atoms with Crippen molar-refractivity contribution in [1.82, 2.24) is 9.97 Å². The van der Waals surface area contributed by atoms with E-state index in [-0.39, 0.29) is 11.6 Å². The Morgan fingerprint density at radius 1 is 1.12 bits per heavy atom. The number of hydrogen-bond donors (Lipinski definition) is 2. The number of nitriles is 1. The zero-order valence-electron chi connectivity index (χ0n) is 12.9. The van der Waals surface area contributed by atoms with E-state index >= 15 is 0 Å². The minimum absolute atomic E-state index is 0.108. The molecule has 3 rings (SSSR count). The number of para-hydroxylation sites is 1. The molecule has 0 atom stereocenters. The Labute approximate surface area is 143 Å².